The second-order valence-electron chi connectivity index (χ2n) is 5.98. The van der Waals surface area contributed by atoms with Crippen molar-refractivity contribution in [2.24, 2.45) is 0 Å². The van der Waals surface area contributed by atoms with Crippen LogP contribution in [-0.4, -0.2) is 38.5 Å². The van der Waals surface area contributed by atoms with E-state index in [1.54, 1.807) is 0 Å². The molecule has 0 bridgehead atoms. The molecule has 0 rings (SSSR count). The third-order valence-corrected chi connectivity index (χ3v) is 3.36. The second kappa shape index (κ2) is 16.8. The van der Waals surface area contributed by atoms with Crippen molar-refractivity contribution in [2.45, 2.75) is 84.7 Å². The Balaban J connectivity index is 3.16. The topological polar surface area (TPSA) is 44.8 Å². The molecule has 0 amide bonds. The number of unbranched alkanes of at least 4 members (excludes halogenated alkanes) is 6. The Morgan fingerprint density at radius 3 is 2.18 bits per heavy atom. The molecule has 132 valence electrons. The van der Waals surface area contributed by atoms with Gasteiger partial charge in [0, 0.05) is 13.0 Å². The van der Waals surface area contributed by atoms with Gasteiger partial charge in [-0.1, -0.05) is 45.4 Å². The van der Waals surface area contributed by atoms with Crippen LogP contribution in [-0.2, 0) is 19.0 Å². The molecular weight excluding hydrogens is 280 g/mol. The molecule has 4 heteroatoms. The summed E-state index contributed by atoms with van der Waals surface area (Å²) in [6.45, 7) is 8.58. The zero-order valence-electron chi connectivity index (χ0n) is 14.9. The summed E-state index contributed by atoms with van der Waals surface area (Å²) in [6, 6.07) is 0. The van der Waals surface area contributed by atoms with Gasteiger partial charge in [0.2, 0.25) is 0 Å². The normalized spacial score (nSPS) is 11.1. The lowest BCUT2D eigenvalue weighted by Gasteiger charge is -2.08. The van der Waals surface area contributed by atoms with Crippen LogP contribution in [0.15, 0.2) is 0 Å². The van der Waals surface area contributed by atoms with E-state index >= 15 is 0 Å². The maximum Gasteiger partial charge on any atom is 0.305 e. The summed E-state index contributed by atoms with van der Waals surface area (Å²) in [5.74, 6) is -0.104. The molecular formula is C18H36O4. The molecule has 0 aromatic rings. The van der Waals surface area contributed by atoms with Crippen molar-refractivity contribution >= 4 is 5.97 Å². The Morgan fingerprint density at radius 2 is 1.50 bits per heavy atom. The third-order valence-electron chi connectivity index (χ3n) is 3.36. The Morgan fingerprint density at radius 1 is 0.818 bits per heavy atom. The van der Waals surface area contributed by atoms with Gasteiger partial charge in [-0.3, -0.25) is 4.79 Å². The smallest absolute Gasteiger partial charge is 0.305 e. The van der Waals surface area contributed by atoms with Crippen LogP contribution in [0.5, 0.6) is 0 Å². The number of carbonyl (C=O) groups is 1. The van der Waals surface area contributed by atoms with Gasteiger partial charge in [-0.05, 0) is 26.7 Å². The Hall–Kier alpha value is -0.610. The van der Waals surface area contributed by atoms with Gasteiger partial charge in [-0.2, -0.15) is 0 Å². The van der Waals surface area contributed by atoms with Gasteiger partial charge in [0.05, 0.1) is 25.9 Å². The van der Waals surface area contributed by atoms with E-state index < -0.39 is 0 Å². The number of hydrogen-bond donors (Lipinski definition) is 0. The van der Waals surface area contributed by atoms with Crippen molar-refractivity contribution in [3.05, 3.63) is 0 Å². The quantitative estimate of drug-likeness (QED) is 0.310. The van der Waals surface area contributed by atoms with Crippen molar-refractivity contribution < 1.29 is 19.0 Å². The molecule has 0 saturated heterocycles. The van der Waals surface area contributed by atoms with E-state index in [4.69, 9.17) is 14.2 Å². The van der Waals surface area contributed by atoms with Crippen LogP contribution < -0.4 is 0 Å². The standard InChI is InChI=1S/C18H36O4/c1-4-5-6-7-8-9-10-14-22-18(19)12-11-13-20-15-16-21-17(2)3/h17H,4-16H2,1-3H3. The van der Waals surface area contributed by atoms with Crippen molar-refractivity contribution in [1.82, 2.24) is 0 Å². The summed E-state index contributed by atoms with van der Waals surface area (Å²) >= 11 is 0. The van der Waals surface area contributed by atoms with Crippen molar-refractivity contribution in [1.29, 1.82) is 0 Å². The molecule has 0 atom stereocenters. The van der Waals surface area contributed by atoms with Crippen molar-refractivity contribution in [3.63, 3.8) is 0 Å². The number of ether oxygens (including phenoxy) is 3. The van der Waals surface area contributed by atoms with Gasteiger partial charge >= 0.3 is 5.97 Å². The lowest BCUT2D eigenvalue weighted by Crippen LogP contribution is -2.11. The predicted molar refractivity (Wildman–Crippen MR) is 90.1 cm³/mol. The highest BCUT2D eigenvalue weighted by Gasteiger charge is 2.02. The SMILES string of the molecule is CCCCCCCCCOC(=O)CCCOCCOC(C)C. The maximum absolute atomic E-state index is 11.5. The van der Waals surface area contributed by atoms with Gasteiger partial charge in [0.25, 0.3) is 0 Å². The first-order valence-electron chi connectivity index (χ1n) is 9.01. The Kier molecular flexibility index (Phi) is 16.3. The fourth-order valence-corrected chi connectivity index (χ4v) is 2.08. The van der Waals surface area contributed by atoms with Crippen molar-refractivity contribution in [3.8, 4) is 0 Å². The zero-order valence-corrected chi connectivity index (χ0v) is 14.9. The first-order chi connectivity index (χ1) is 10.7. The maximum atomic E-state index is 11.5. The third kappa shape index (κ3) is 17.4. The zero-order chi connectivity index (χ0) is 16.5. The second-order valence-corrected chi connectivity index (χ2v) is 5.98. The molecule has 0 heterocycles. The highest BCUT2D eigenvalue weighted by molar-refractivity contribution is 5.69. The van der Waals surface area contributed by atoms with Gasteiger partial charge in [-0.25, -0.2) is 0 Å². The average Bonchev–Trinajstić information content (AvgIpc) is 2.48. The van der Waals surface area contributed by atoms with Crippen LogP contribution in [0.3, 0.4) is 0 Å². The van der Waals surface area contributed by atoms with Crippen LogP contribution in [0.2, 0.25) is 0 Å². The van der Waals surface area contributed by atoms with E-state index in [1.165, 1.54) is 32.1 Å². The summed E-state index contributed by atoms with van der Waals surface area (Å²) in [4.78, 5) is 11.5. The van der Waals surface area contributed by atoms with Crippen LogP contribution >= 0.6 is 0 Å². The molecule has 0 saturated carbocycles. The molecule has 0 aliphatic carbocycles. The van der Waals surface area contributed by atoms with Gasteiger partial charge in [-0.15, -0.1) is 0 Å². The lowest BCUT2D eigenvalue weighted by molar-refractivity contribution is -0.144. The monoisotopic (exact) mass is 316 g/mol. The molecule has 0 aromatic carbocycles. The molecule has 0 aliphatic heterocycles. The molecule has 22 heavy (non-hydrogen) atoms. The number of rotatable bonds is 16. The largest absolute Gasteiger partial charge is 0.466 e. The summed E-state index contributed by atoms with van der Waals surface area (Å²) in [5.41, 5.74) is 0. The van der Waals surface area contributed by atoms with E-state index in [1.807, 2.05) is 13.8 Å². The summed E-state index contributed by atoms with van der Waals surface area (Å²) in [5, 5.41) is 0. The minimum atomic E-state index is -0.104. The molecule has 0 unspecified atom stereocenters. The minimum Gasteiger partial charge on any atom is -0.466 e. The van der Waals surface area contributed by atoms with E-state index in [9.17, 15) is 4.79 Å². The highest BCUT2D eigenvalue weighted by atomic mass is 16.5. The summed E-state index contributed by atoms with van der Waals surface area (Å²) in [6.07, 6.45) is 10.1. The van der Waals surface area contributed by atoms with Gasteiger partial charge in [0.1, 0.15) is 0 Å². The van der Waals surface area contributed by atoms with Crippen LogP contribution in [0, 0.1) is 0 Å². The number of hydrogen-bond acceptors (Lipinski definition) is 4. The molecule has 0 spiro atoms. The molecule has 4 nitrogen and oxygen atoms in total. The average molecular weight is 316 g/mol. The molecule has 0 fully saturated rings. The van der Waals surface area contributed by atoms with Gasteiger partial charge in [0.15, 0.2) is 0 Å². The van der Waals surface area contributed by atoms with Crippen molar-refractivity contribution in [2.75, 3.05) is 26.4 Å². The molecule has 0 radical (unpaired) electrons. The molecule has 0 aliphatic rings. The minimum absolute atomic E-state index is 0.104. The van der Waals surface area contributed by atoms with E-state index in [-0.39, 0.29) is 12.1 Å². The molecule has 0 aromatic heterocycles. The first-order valence-corrected chi connectivity index (χ1v) is 9.01. The van der Waals surface area contributed by atoms with Crippen LogP contribution in [0.1, 0.15) is 78.6 Å². The predicted octanol–water partition coefficient (Wildman–Crippen LogP) is 4.50. The van der Waals surface area contributed by atoms with Gasteiger partial charge < -0.3 is 14.2 Å². The molecule has 0 N–H and O–H groups in total. The fraction of sp³-hybridized carbons (Fsp3) is 0.944. The Bertz CT molecular complexity index is 241. The number of esters is 1. The van der Waals surface area contributed by atoms with Crippen LogP contribution in [0.4, 0.5) is 0 Å². The Labute approximate surface area is 136 Å². The van der Waals surface area contributed by atoms with Crippen LogP contribution in [0.25, 0.3) is 0 Å². The number of carbonyl (C=O) groups excluding carboxylic acids is 1. The lowest BCUT2D eigenvalue weighted by atomic mass is 10.1. The summed E-state index contributed by atoms with van der Waals surface area (Å²) < 4.78 is 16.0. The highest BCUT2D eigenvalue weighted by Crippen LogP contribution is 2.07. The first kappa shape index (κ1) is 21.4. The summed E-state index contributed by atoms with van der Waals surface area (Å²) in [7, 11) is 0. The van der Waals surface area contributed by atoms with E-state index in [0.717, 1.165) is 19.3 Å². The fourth-order valence-electron chi connectivity index (χ4n) is 2.08. The van der Waals surface area contributed by atoms with E-state index in [0.29, 0.717) is 32.8 Å². The van der Waals surface area contributed by atoms with E-state index in [2.05, 4.69) is 6.92 Å².